The van der Waals surface area contributed by atoms with Gasteiger partial charge in [-0.05, 0) is 25.0 Å². The summed E-state index contributed by atoms with van der Waals surface area (Å²) in [5.41, 5.74) is 5.76. The van der Waals surface area contributed by atoms with Gasteiger partial charge in [-0.1, -0.05) is 26.3 Å². The Morgan fingerprint density at radius 3 is 2.90 bits per heavy atom. The highest BCUT2D eigenvalue weighted by atomic mass is 19.1. The van der Waals surface area contributed by atoms with Gasteiger partial charge in [0.25, 0.3) is 0 Å². The summed E-state index contributed by atoms with van der Waals surface area (Å²) in [6.07, 6.45) is 2.85. The fourth-order valence-electron chi connectivity index (χ4n) is 1.63. The first-order chi connectivity index (χ1) is 9.65. The number of benzene rings is 1. The van der Waals surface area contributed by atoms with Crippen LogP contribution in [0.2, 0.25) is 0 Å². The summed E-state index contributed by atoms with van der Waals surface area (Å²) in [5.74, 6) is 0.644. The van der Waals surface area contributed by atoms with Crippen LogP contribution in [-0.4, -0.2) is 25.2 Å². The zero-order valence-corrected chi connectivity index (χ0v) is 12.2. The molecule has 0 fully saturated rings. The Labute approximate surface area is 120 Å². The van der Waals surface area contributed by atoms with Crippen LogP contribution in [0.1, 0.15) is 33.1 Å². The second-order valence-corrected chi connectivity index (χ2v) is 4.61. The molecular formula is C15H24FN3O. The maximum absolute atomic E-state index is 13.1. The van der Waals surface area contributed by atoms with Crippen molar-refractivity contribution in [3.8, 4) is 5.75 Å². The van der Waals surface area contributed by atoms with E-state index in [0.717, 1.165) is 25.8 Å². The van der Waals surface area contributed by atoms with Crippen molar-refractivity contribution in [1.29, 1.82) is 0 Å². The van der Waals surface area contributed by atoms with E-state index in [-0.39, 0.29) is 11.9 Å². The molecule has 0 heterocycles. The first kappa shape index (κ1) is 16.3. The number of aliphatic imine (C=N–C) groups is 1. The van der Waals surface area contributed by atoms with E-state index in [2.05, 4.69) is 17.2 Å². The summed E-state index contributed by atoms with van der Waals surface area (Å²) in [4.78, 5) is 4.25. The number of hydrogen-bond donors (Lipinski definition) is 2. The van der Waals surface area contributed by atoms with Crippen molar-refractivity contribution >= 4 is 5.96 Å². The van der Waals surface area contributed by atoms with Crippen LogP contribution >= 0.6 is 0 Å². The van der Waals surface area contributed by atoms with Crippen LogP contribution < -0.4 is 15.8 Å². The lowest BCUT2D eigenvalue weighted by Gasteiger charge is -2.16. The van der Waals surface area contributed by atoms with Crippen LogP contribution in [0.3, 0.4) is 0 Å². The highest BCUT2D eigenvalue weighted by Gasteiger charge is 2.08. The third kappa shape index (κ3) is 6.41. The van der Waals surface area contributed by atoms with Gasteiger partial charge in [0, 0.05) is 12.6 Å². The van der Waals surface area contributed by atoms with Crippen LogP contribution in [0.15, 0.2) is 29.3 Å². The van der Waals surface area contributed by atoms with Crippen molar-refractivity contribution in [2.75, 3.05) is 13.1 Å². The molecule has 0 aliphatic carbocycles. The smallest absolute Gasteiger partial charge is 0.188 e. The number of nitrogens with one attached hydrogen (secondary N) is 1. The summed E-state index contributed by atoms with van der Waals surface area (Å²) in [5, 5.41) is 3.05. The quantitative estimate of drug-likeness (QED) is 0.437. The summed E-state index contributed by atoms with van der Waals surface area (Å²) in [6.45, 7) is 5.40. The van der Waals surface area contributed by atoms with Gasteiger partial charge in [0.1, 0.15) is 17.7 Å². The Morgan fingerprint density at radius 2 is 2.25 bits per heavy atom. The minimum absolute atomic E-state index is 0.108. The van der Waals surface area contributed by atoms with Crippen molar-refractivity contribution < 1.29 is 9.13 Å². The predicted octanol–water partition coefficient (Wildman–Crippen LogP) is 2.69. The highest BCUT2D eigenvalue weighted by molar-refractivity contribution is 5.77. The van der Waals surface area contributed by atoms with Gasteiger partial charge in [-0.15, -0.1) is 0 Å². The van der Waals surface area contributed by atoms with E-state index in [9.17, 15) is 4.39 Å². The van der Waals surface area contributed by atoms with Crippen molar-refractivity contribution in [1.82, 2.24) is 5.32 Å². The molecular weight excluding hydrogens is 257 g/mol. The van der Waals surface area contributed by atoms with Crippen LogP contribution in [0.5, 0.6) is 5.75 Å². The molecule has 4 nitrogen and oxygen atoms in total. The Bertz CT molecular complexity index is 423. The molecule has 1 rings (SSSR count). The average molecular weight is 281 g/mol. The molecule has 0 saturated carbocycles. The van der Waals surface area contributed by atoms with Gasteiger partial charge in [-0.2, -0.15) is 0 Å². The third-order valence-electron chi connectivity index (χ3n) is 2.86. The lowest BCUT2D eigenvalue weighted by atomic mass is 10.2. The summed E-state index contributed by atoms with van der Waals surface area (Å²) in [7, 11) is 0. The second-order valence-electron chi connectivity index (χ2n) is 4.61. The summed E-state index contributed by atoms with van der Waals surface area (Å²) < 4.78 is 18.8. The van der Waals surface area contributed by atoms with E-state index in [1.54, 1.807) is 12.1 Å². The second kappa shape index (κ2) is 9.18. The molecule has 112 valence electrons. The molecule has 1 aromatic rings. The molecule has 3 N–H and O–H groups in total. The third-order valence-corrected chi connectivity index (χ3v) is 2.86. The van der Waals surface area contributed by atoms with Crippen LogP contribution in [0, 0.1) is 5.82 Å². The number of nitrogens with zero attached hydrogens (tertiary/aromatic N) is 1. The first-order valence-electron chi connectivity index (χ1n) is 7.11. The van der Waals surface area contributed by atoms with Crippen LogP contribution in [0.25, 0.3) is 0 Å². The number of halogens is 1. The zero-order valence-electron chi connectivity index (χ0n) is 12.2. The van der Waals surface area contributed by atoms with Gasteiger partial charge in [0.15, 0.2) is 5.96 Å². The van der Waals surface area contributed by atoms with Gasteiger partial charge in [0.2, 0.25) is 0 Å². The molecule has 1 atom stereocenters. The Balaban J connectivity index is 2.44. The molecule has 0 saturated heterocycles. The topological polar surface area (TPSA) is 59.6 Å². The molecule has 0 aliphatic rings. The molecule has 0 aromatic heterocycles. The Morgan fingerprint density at radius 1 is 1.45 bits per heavy atom. The Hall–Kier alpha value is -1.78. The van der Waals surface area contributed by atoms with E-state index in [1.807, 2.05) is 6.92 Å². The highest BCUT2D eigenvalue weighted by Crippen LogP contribution is 2.15. The lowest BCUT2D eigenvalue weighted by Crippen LogP contribution is -2.33. The van der Waals surface area contributed by atoms with Gasteiger partial charge in [0.05, 0.1) is 6.54 Å². The van der Waals surface area contributed by atoms with Crippen molar-refractivity contribution in [3.63, 3.8) is 0 Å². The van der Waals surface area contributed by atoms with Crippen LogP contribution in [-0.2, 0) is 0 Å². The monoisotopic (exact) mass is 281 g/mol. The van der Waals surface area contributed by atoms with E-state index in [4.69, 9.17) is 10.5 Å². The maximum atomic E-state index is 13.1. The van der Waals surface area contributed by atoms with Gasteiger partial charge in [-0.25, -0.2) is 9.38 Å². The standard InChI is InChI=1S/C15H24FN3O/c1-3-5-9-18-15(17)19-11-13(4-2)20-14-8-6-7-12(16)10-14/h6-8,10,13H,3-5,9,11H2,1-2H3,(H3,17,18,19). The lowest BCUT2D eigenvalue weighted by molar-refractivity contribution is 0.205. The molecule has 0 spiro atoms. The summed E-state index contributed by atoms with van der Waals surface area (Å²) in [6, 6.07) is 6.12. The van der Waals surface area contributed by atoms with Crippen LogP contribution in [0.4, 0.5) is 4.39 Å². The molecule has 20 heavy (non-hydrogen) atoms. The number of nitrogens with two attached hydrogens (primary N) is 1. The number of rotatable bonds is 8. The molecule has 0 amide bonds. The number of guanidine groups is 1. The summed E-state index contributed by atoms with van der Waals surface area (Å²) >= 11 is 0. The van der Waals surface area contributed by atoms with E-state index in [0.29, 0.717) is 18.3 Å². The maximum Gasteiger partial charge on any atom is 0.188 e. The largest absolute Gasteiger partial charge is 0.488 e. The number of unbranched alkanes of at least 4 members (excludes halogenated alkanes) is 1. The predicted molar refractivity (Wildman–Crippen MR) is 80.5 cm³/mol. The first-order valence-corrected chi connectivity index (χ1v) is 7.11. The average Bonchev–Trinajstić information content (AvgIpc) is 2.43. The minimum atomic E-state index is -0.304. The molecule has 5 heteroatoms. The number of ether oxygens (including phenoxy) is 1. The molecule has 1 unspecified atom stereocenters. The van der Waals surface area contributed by atoms with E-state index >= 15 is 0 Å². The zero-order chi connectivity index (χ0) is 14.8. The normalized spacial score (nSPS) is 13.1. The van der Waals surface area contributed by atoms with Crippen molar-refractivity contribution in [3.05, 3.63) is 30.1 Å². The minimum Gasteiger partial charge on any atom is -0.488 e. The van der Waals surface area contributed by atoms with Crippen molar-refractivity contribution in [2.45, 2.75) is 39.2 Å². The molecule has 1 aromatic carbocycles. The van der Waals surface area contributed by atoms with Gasteiger partial charge >= 0.3 is 0 Å². The van der Waals surface area contributed by atoms with Gasteiger partial charge < -0.3 is 15.8 Å². The Kier molecular flexibility index (Phi) is 7.47. The molecule has 0 radical (unpaired) electrons. The molecule has 0 bridgehead atoms. The van der Waals surface area contributed by atoms with Crippen molar-refractivity contribution in [2.24, 2.45) is 10.7 Å². The molecule has 0 aliphatic heterocycles. The fraction of sp³-hybridized carbons (Fsp3) is 0.533. The SMILES string of the molecule is CCCCNC(N)=NCC(CC)Oc1cccc(F)c1. The number of hydrogen-bond acceptors (Lipinski definition) is 2. The fourth-order valence-corrected chi connectivity index (χ4v) is 1.63. The van der Waals surface area contributed by atoms with E-state index in [1.165, 1.54) is 12.1 Å². The van der Waals surface area contributed by atoms with E-state index < -0.39 is 0 Å². The van der Waals surface area contributed by atoms with Gasteiger partial charge in [-0.3, -0.25) is 0 Å².